The van der Waals surface area contributed by atoms with Crippen molar-refractivity contribution in [1.29, 1.82) is 0 Å². The molecule has 13 aromatic carbocycles. The van der Waals surface area contributed by atoms with Crippen LogP contribution in [0.5, 0.6) is 0 Å². The number of para-hydroxylation sites is 2. The van der Waals surface area contributed by atoms with Crippen LogP contribution >= 0.6 is 0 Å². The molecule has 0 aliphatic heterocycles. The van der Waals surface area contributed by atoms with Crippen LogP contribution in [0, 0.1) is 27.7 Å². The third-order valence-electron chi connectivity index (χ3n) is 18.5. The minimum atomic E-state index is 1.15. The van der Waals surface area contributed by atoms with Gasteiger partial charge in [0.15, 0.2) is 0 Å². The van der Waals surface area contributed by atoms with Crippen LogP contribution in [0.25, 0.3) is 121 Å². The molecule has 0 unspecified atom stereocenters. The van der Waals surface area contributed by atoms with E-state index < -0.39 is 0 Å². The number of aryl methyl sites for hydroxylation is 4. The Hall–Kier alpha value is -10.9. The second kappa shape index (κ2) is 19.3. The molecule has 0 amide bonds. The smallest absolute Gasteiger partial charge is 0.0621 e. The maximum atomic E-state index is 2.57. The molecular formula is C82H58N4. The standard InChI is InChI=1S/C82H58N4/c1-51-37-41-59(55-21-9-5-10-22-55)45-73(51)83(74-46-60(42-38-52(74)2)56-23-11-6-12-24-56)69-33-19-35-71-79(69)65-31-17-29-63-67-50-78-68(49-77(67)85(71)81(63)65)64-30-18-32-66-80-70(34-20-36-72(80)86(78)82(64)66)84(75-47-61(43-39-53(75)3)57-25-13-7-14-26-57)76-48-62(44-40-54(76)4)58-27-15-8-16-28-58/h5-50H,1-4H3. The lowest BCUT2D eigenvalue weighted by Crippen LogP contribution is -2.13. The molecule has 17 aromatic rings. The molecule has 0 spiro atoms. The lowest BCUT2D eigenvalue weighted by atomic mass is 9.98. The van der Waals surface area contributed by atoms with Crippen LogP contribution in [-0.4, -0.2) is 8.80 Å². The van der Waals surface area contributed by atoms with Crippen molar-refractivity contribution in [2.24, 2.45) is 0 Å². The number of fused-ring (bicyclic) bond motifs is 12. The predicted octanol–water partition coefficient (Wildman–Crippen LogP) is 22.8. The zero-order valence-electron chi connectivity index (χ0n) is 48.3. The predicted molar refractivity (Wildman–Crippen MR) is 366 cm³/mol. The van der Waals surface area contributed by atoms with Gasteiger partial charge in [-0.2, -0.15) is 0 Å². The van der Waals surface area contributed by atoms with Crippen molar-refractivity contribution in [1.82, 2.24) is 8.80 Å². The number of benzene rings is 13. The van der Waals surface area contributed by atoms with Gasteiger partial charge in [-0.3, -0.25) is 0 Å². The molecule has 4 heterocycles. The molecule has 406 valence electrons. The van der Waals surface area contributed by atoms with Gasteiger partial charge < -0.3 is 18.6 Å². The van der Waals surface area contributed by atoms with Crippen LogP contribution in [0.2, 0.25) is 0 Å². The summed E-state index contributed by atoms with van der Waals surface area (Å²) < 4.78 is 5.13. The van der Waals surface area contributed by atoms with E-state index in [1.165, 1.54) is 143 Å². The fourth-order valence-corrected chi connectivity index (χ4v) is 14.3. The Morgan fingerprint density at radius 2 is 0.500 bits per heavy atom. The van der Waals surface area contributed by atoms with Crippen molar-refractivity contribution in [3.63, 3.8) is 0 Å². The molecule has 4 aromatic heterocycles. The first-order valence-corrected chi connectivity index (χ1v) is 29.9. The zero-order chi connectivity index (χ0) is 57.3. The van der Waals surface area contributed by atoms with Crippen LogP contribution in [-0.2, 0) is 0 Å². The number of rotatable bonds is 10. The third-order valence-corrected chi connectivity index (χ3v) is 18.5. The van der Waals surface area contributed by atoms with Crippen LogP contribution < -0.4 is 9.80 Å². The molecule has 0 N–H and O–H groups in total. The number of hydrogen-bond acceptors (Lipinski definition) is 2. The Balaban J connectivity index is 0.901. The summed E-state index contributed by atoms with van der Waals surface area (Å²) in [6, 6.07) is 104. The maximum absolute atomic E-state index is 2.57. The Bertz CT molecular complexity index is 4980. The number of hydrogen-bond donors (Lipinski definition) is 0. The van der Waals surface area contributed by atoms with E-state index in [1.54, 1.807) is 0 Å². The summed E-state index contributed by atoms with van der Waals surface area (Å²) in [5.41, 5.74) is 28.5. The minimum absolute atomic E-state index is 1.15. The molecular weight excluding hydrogens is 1040 g/mol. The van der Waals surface area contributed by atoms with Crippen molar-refractivity contribution in [2.45, 2.75) is 27.7 Å². The number of nitrogens with zero attached hydrogens (tertiary/aromatic N) is 4. The van der Waals surface area contributed by atoms with Gasteiger partial charge in [-0.05, 0) is 155 Å². The normalized spacial score (nSPS) is 12.0. The first kappa shape index (κ1) is 49.7. The molecule has 0 bridgehead atoms. The van der Waals surface area contributed by atoms with Crippen LogP contribution in [0.3, 0.4) is 0 Å². The highest BCUT2D eigenvalue weighted by atomic mass is 15.2. The highest BCUT2D eigenvalue weighted by Crippen LogP contribution is 2.52. The van der Waals surface area contributed by atoms with E-state index in [-0.39, 0.29) is 0 Å². The van der Waals surface area contributed by atoms with Crippen LogP contribution in [0.4, 0.5) is 34.1 Å². The Labute approximate surface area is 499 Å². The molecule has 86 heavy (non-hydrogen) atoms. The summed E-state index contributed by atoms with van der Waals surface area (Å²) in [7, 11) is 0. The maximum Gasteiger partial charge on any atom is 0.0621 e. The van der Waals surface area contributed by atoms with E-state index in [1.807, 2.05) is 0 Å². The molecule has 4 nitrogen and oxygen atoms in total. The quantitative estimate of drug-likeness (QED) is 0.136. The van der Waals surface area contributed by atoms with E-state index in [2.05, 4.69) is 325 Å². The van der Waals surface area contributed by atoms with Gasteiger partial charge in [0.05, 0.1) is 44.5 Å². The second-order valence-electron chi connectivity index (χ2n) is 23.4. The average molecular weight is 1100 g/mol. The Kier molecular flexibility index (Phi) is 11.2. The molecule has 17 rings (SSSR count). The van der Waals surface area contributed by atoms with E-state index >= 15 is 0 Å². The van der Waals surface area contributed by atoms with Crippen LogP contribution in [0.15, 0.2) is 279 Å². The Morgan fingerprint density at radius 3 is 0.814 bits per heavy atom. The lowest BCUT2D eigenvalue weighted by Gasteiger charge is -2.30. The van der Waals surface area contributed by atoms with Crippen molar-refractivity contribution in [3.8, 4) is 44.5 Å². The fourth-order valence-electron chi connectivity index (χ4n) is 14.3. The summed E-state index contributed by atoms with van der Waals surface area (Å²) in [6.45, 7) is 9.01. The van der Waals surface area contributed by atoms with Gasteiger partial charge in [-0.1, -0.05) is 218 Å². The first-order valence-electron chi connectivity index (χ1n) is 29.9. The van der Waals surface area contributed by atoms with Gasteiger partial charge in [0.25, 0.3) is 0 Å². The van der Waals surface area contributed by atoms with E-state index in [9.17, 15) is 0 Å². The zero-order valence-corrected chi connectivity index (χ0v) is 48.3. The van der Waals surface area contributed by atoms with Gasteiger partial charge in [0, 0.05) is 65.8 Å². The highest BCUT2D eigenvalue weighted by Gasteiger charge is 2.29. The largest absolute Gasteiger partial charge is 0.309 e. The summed E-state index contributed by atoms with van der Waals surface area (Å²) in [5, 5.41) is 9.92. The lowest BCUT2D eigenvalue weighted by molar-refractivity contribution is 1.23. The average Bonchev–Trinajstić information content (AvgIpc) is 1.56. The molecule has 0 saturated carbocycles. The van der Waals surface area contributed by atoms with Crippen LogP contribution in [0.1, 0.15) is 22.3 Å². The minimum Gasteiger partial charge on any atom is -0.309 e. The SMILES string of the molecule is Cc1ccc(-c2ccccc2)cc1N(c1cc(-c2ccccc2)ccc1C)c1cccc2c1c1cccc3c4cc5c(cc4n2c31)c1cccc2c3c(N(c4cc(-c6ccccc6)ccc4C)c4cc(-c6ccccc6)ccc4C)cccc3n5c12. The monoisotopic (exact) mass is 1100 g/mol. The molecule has 0 radical (unpaired) electrons. The molecule has 0 saturated heterocycles. The summed E-state index contributed by atoms with van der Waals surface area (Å²) in [6.07, 6.45) is 0. The molecule has 0 fully saturated rings. The third kappa shape index (κ3) is 7.49. The van der Waals surface area contributed by atoms with E-state index in [0.29, 0.717) is 0 Å². The van der Waals surface area contributed by atoms with Gasteiger partial charge >= 0.3 is 0 Å². The van der Waals surface area contributed by atoms with Gasteiger partial charge in [0.2, 0.25) is 0 Å². The number of anilines is 6. The van der Waals surface area contributed by atoms with E-state index in [4.69, 9.17) is 0 Å². The summed E-state index contributed by atoms with van der Waals surface area (Å²) >= 11 is 0. The van der Waals surface area contributed by atoms with Gasteiger partial charge in [-0.15, -0.1) is 0 Å². The summed E-state index contributed by atoms with van der Waals surface area (Å²) in [4.78, 5) is 5.09. The first-order chi connectivity index (χ1) is 42.3. The highest BCUT2D eigenvalue weighted by molar-refractivity contribution is 6.31. The van der Waals surface area contributed by atoms with Gasteiger partial charge in [-0.25, -0.2) is 0 Å². The molecule has 0 aliphatic rings. The second-order valence-corrected chi connectivity index (χ2v) is 23.4. The van der Waals surface area contributed by atoms with Gasteiger partial charge in [0.1, 0.15) is 0 Å². The molecule has 0 atom stereocenters. The van der Waals surface area contributed by atoms with Crippen molar-refractivity contribution in [2.75, 3.05) is 9.80 Å². The van der Waals surface area contributed by atoms with E-state index in [0.717, 1.165) is 34.1 Å². The topological polar surface area (TPSA) is 15.3 Å². The van der Waals surface area contributed by atoms with Crippen molar-refractivity contribution in [3.05, 3.63) is 301 Å². The Morgan fingerprint density at radius 1 is 0.209 bits per heavy atom. The molecule has 0 aliphatic carbocycles. The fraction of sp³-hybridized carbons (Fsp3) is 0.0488. The summed E-state index contributed by atoms with van der Waals surface area (Å²) in [5.74, 6) is 0. The van der Waals surface area contributed by atoms with Crippen molar-refractivity contribution >= 4 is 110 Å². The number of aromatic nitrogens is 2. The molecule has 4 heteroatoms. The van der Waals surface area contributed by atoms with Crippen molar-refractivity contribution < 1.29 is 0 Å².